The molecule has 0 fully saturated rings. The molecule has 0 aliphatic heterocycles. The van der Waals surface area contributed by atoms with Crippen LogP contribution in [0.5, 0.6) is 0 Å². The fourth-order valence-electron chi connectivity index (χ4n) is 4.19. The Bertz CT molecular complexity index is 1500. The summed E-state index contributed by atoms with van der Waals surface area (Å²) < 4.78 is 37.1. The van der Waals surface area contributed by atoms with Gasteiger partial charge in [-0.2, -0.15) is 5.10 Å². The van der Waals surface area contributed by atoms with Gasteiger partial charge in [0.25, 0.3) is 0 Å². The first-order chi connectivity index (χ1) is 18.0. The molecule has 0 saturated carbocycles. The van der Waals surface area contributed by atoms with E-state index in [1.54, 1.807) is 35.6 Å². The molecule has 0 N–H and O–H groups in total. The molecular formula is C25H33N9O3S. The average molecular weight is 540 g/mol. The van der Waals surface area contributed by atoms with Crippen LogP contribution in [0.3, 0.4) is 0 Å². The maximum Gasteiger partial charge on any atom is 0.183 e. The minimum atomic E-state index is -3.82. The van der Waals surface area contributed by atoms with Crippen molar-refractivity contribution < 1.29 is 13.2 Å². The monoisotopic (exact) mass is 539 g/mol. The Kier molecular flexibility index (Phi) is 7.97. The molecule has 4 aromatic rings. The van der Waals surface area contributed by atoms with Crippen LogP contribution in [0.15, 0.2) is 36.9 Å². The first-order valence-corrected chi connectivity index (χ1v) is 14.1. The normalized spacial score (nSPS) is 14.5. The highest BCUT2D eigenvalue weighted by atomic mass is 32.2. The molecule has 0 radical (unpaired) electrons. The second kappa shape index (κ2) is 11.0. The minimum absolute atomic E-state index is 0.235. The second-order valence-corrected chi connectivity index (χ2v) is 12.0. The number of sulfone groups is 1. The maximum atomic E-state index is 13.8. The molecule has 202 valence electrons. The van der Waals surface area contributed by atoms with Crippen LogP contribution in [0.25, 0.3) is 11.5 Å². The number of ether oxygens (including phenoxy) is 1. The Morgan fingerprint density at radius 2 is 1.71 bits per heavy atom. The molecular weight excluding hydrogens is 506 g/mol. The standard InChI is InChI=1S/C25H33N9O3S/c1-15(2)37-22(23-26-11-16(3)12-27-23)19(6)38(35,36)13-21-31-32-25(20-10-8-9-17(4)30-20)34(21)18(5)24-28-14-29-33(24)7/h8-12,14-15,18-19,22H,13H2,1-7H3/t18-,19+,22-/m1/s1. The van der Waals surface area contributed by atoms with Crippen LogP contribution in [0, 0.1) is 13.8 Å². The van der Waals surface area contributed by atoms with Gasteiger partial charge in [0, 0.05) is 25.1 Å². The summed E-state index contributed by atoms with van der Waals surface area (Å²) in [5.41, 5.74) is 2.26. The van der Waals surface area contributed by atoms with Crippen molar-refractivity contribution >= 4 is 9.84 Å². The third kappa shape index (κ3) is 5.78. The summed E-state index contributed by atoms with van der Waals surface area (Å²) >= 11 is 0. The lowest BCUT2D eigenvalue weighted by atomic mass is 10.2. The number of nitrogens with zero attached hydrogens (tertiary/aromatic N) is 9. The Balaban J connectivity index is 1.76. The molecule has 0 aliphatic rings. The molecule has 4 heterocycles. The lowest BCUT2D eigenvalue weighted by Crippen LogP contribution is -2.32. The molecule has 13 heteroatoms. The van der Waals surface area contributed by atoms with Crippen LogP contribution in [0.4, 0.5) is 0 Å². The second-order valence-electron chi connectivity index (χ2n) is 9.63. The highest BCUT2D eigenvalue weighted by Gasteiger charge is 2.36. The Labute approximate surface area is 222 Å². The van der Waals surface area contributed by atoms with Gasteiger partial charge in [0.15, 0.2) is 21.5 Å². The zero-order valence-corrected chi connectivity index (χ0v) is 23.5. The molecule has 0 bridgehead atoms. The zero-order valence-electron chi connectivity index (χ0n) is 22.6. The molecule has 0 aliphatic carbocycles. The number of hydrogen-bond donors (Lipinski definition) is 0. The van der Waals surface area contributed by atoms with E-state index in [9.17, 15) is 8.42 Å². The molecule has 0 saturated heterocycles. The van der Waals surface area contributed by atoms with Gasteiger partial charge < -0.3 is 4.74 Å². The quantitative estimate of drug-likeness (QED) is 0.295. The number of aromatic nitrogens is 9. The van der Waals surface area contributed by atoms with E-state index in [4.69, 9.17) is 4.74 Å². The maximum absolute atomic E-state index is 13.8. The SMILES string of the molecule is Cc1cnc([C@H](OC(C)C)[C@H](C)S(=O)(=O)Cc2nnc(-c3cccc(C)n3)n2[C@H](C)c2ncnn2C)nc1. The third-order valence-electron chi connectivity index (χ3n) is 6.19. The first-order valence-electron chi connectivity index (χ1n) is 12.3. The van der Waals surface area contributed by atoms with Crippen LogP contribution >= 0.6 is 0 Å². The van der Waals surface area contributed by atoms with E-state index < -0.39 is 27.2 Å². The summed E-state index contributed by atoms with van der Waals surface area (Å²) in [6.45, 7) is 11.0. The summed E-state index contributed by atoms with van der Waals surface area (Å²) in [7, 11) is -2.04. The summed E-state index contributed by atoms with van der Waals surface area (Å²) in [5.74, 6) is 1.27. The third-order valence-corrected chi connectivity index (χ3v) is 8.23. The van der Waals surface area contributed by atoms with Gasteiger partial charge in [-0.05, 0) is 59.2 Å². The molecule has 0 spiro atoms. The molecule has 0 aromatic carbocycles. The van der Waals surface area contributed by atoms with Gasteiger partial charge in [-0.25, -0.2) is 28.4 Å². The van der Waals surface area contributed by atoms with Gasteiger partial charge in [-0.3, -0.25) is 9.25 Å². The van der Waals surface area contributed by atoms with Crippen LogP contribution in [0.2, 0.25) is 0 Å². The predicted molar refractivity (Wildman–Crippen MR) is 141 cm³/mol. The van der Waals surface area contributed by atoms with Crippen molar-refractivity contribution in [3.05, 3.63) is 65.7 Å². The Morgan fingerprint density at radius 3 is 2.32 bits per heavy atom. The molecule has 0 amide bonds. The van der Waals surface area contributed by atoms with Crippen molar-refractivity contribution in [3.8, 4) is 11.5 Å². The van der Waals surface area contributed by atoms with E-state index in [1.165, 1.54) is 6.33 Å². The minimum Gasteiger partial charge on any atom is -0.366 e. The van der Waals surface area contributed by atoms with Crippen molar-refractivity contribution in [2.75, 3.05) is 0 Å². The fourth-order valence-corrected chi connectivity index (χ4v) is 5.58. The molecule has 3 atom stereocenters. The van der Waals surface area contributed by atoms with Gasteiger partial charge in [0.1, 0.15) is 35.5 Å². The number of aryl methyl sites for hydroxylation is 3. The molecule has 0 unspecified atom stereocenters. The summed E-state index contributed by atoms with van der Waals surface area (Å²) in [5, 5.41) is 11.9. The van der Waals surface area contributed by atoms with Crippen molar-refractivity contribution in [1.29, 1.82) is 0 Å². The van der Waals surface area contributed by atoms with Gasteiger partial charge >= 0.3 is 0 Å². The topological polar surface area (TPSA) is 143 Å². The number of hydrogen-bond acceptors (Lipinski definition) is 10. The Hall–Kier alpha value is -3.58. The lowest BCUT2D eigenvalue weighted by Gasteiger charge is -2.25. The summed E-state index contributed by atoms with van der Waals surface area (Å²) in [6.07, 6.45) is 3.67. The van der Waals surface area contributed by atoms with Gasteiger partial charge in [-0.15, -0.1) is 10.2 Å². The van der Waals surface area contributed by atoms with Crippen LogP contribution in [0.1, 0.15) is 68.6 Å². The van der Waals surface area contributed by atoms with E-state index in [-0.39, 0.29) is 17.7 Å². The number of pyridine rings is 1. The highest BCUT2D eigenvalue weighted by molar-refractivity contribution is 7.91. The van der Waals surface area contributed by atoms with E-state index in [0.29, 0.717) is 23.2 Å². The largest absolute Gasteiger partial charge is 0.366 e. The lowest BCUT2D eigenvalue weighted by molar-refractivity contribution is 0.00140. The smallest absolute Gasteiger partial charge is 0.183 e. The van der Waals surface area contributed by atoms with Crippen LogP contribution in [-0.4, -0.2) is 64.3 Å². The van der Waals surface area contributed by atoms with E-state index in [1.807, 2.05) is 52.8 Å². The van der Waals surface area contributed by atoms with Crippen molar-refractivity contribution in [1.82, 2.24) is 44.5 Å². The van der Waals surface area contributed by atoms with Gasteiger partial charge in [0.05, 0.1) is 17.4 Å². The van der Waals surface area contributed by atoms with Crippen molar-refractivity contribution in [2.24, 2.45) is 7.05 Å². The first kappa shape index (κ1) is 27.5. The Morgan fingerprint density at radius 1 is 1.00 bits per heavy atom. The summed E-state index contributed by atoms with van der Waals surface area (Å²) in [4.78, 5) is 17.7. The average Bonchev–Trinajstić information content (AvgIpc) is 3.48. The van der Waals surface area contributed by atoms with E-state index >= 15 is 0 Å². The number of rotatable bonds is 10. The predicted octanol–water partition coefficient (Wildman–Crippen LogP) is 2.95. The van der Waals surface area contributed by atoms with Gasteiger partial charge in [-0.1, -0.05) is 6.07 Å². The van der Waals surface area contributed by atoms with Crippen molar-refractivity contribution in [2.45, 2.75) is 70.8 Å². The summed E-state index contributed by atoms with van der Waals surface area (Å²) in [6, 6.07) is 5.15. The van der Waals surface area contributed by atoms with Crippen molar-refractivity contribution in [3.63, 3.8) is 0 Å². The fraction of sp³-hybridized carbons (Fsp3) is 0.480. The molecule has 4 aromatic heterocycles. The van der Waals surface area contributed by atoms with E-state index in [2.05, 4.69) is 35.2 Å². The molecule has 38 heavy (non-hydrogen) atoms. The zero-order chi connectivity index (χ0) is 27.6. The van der Waals surface area contributed by atoms with E-state index in [0.717, 1.165) is 11.3 Å². The molecule has 12 nitrogen and oxygen atoms in total. The molecule has 4 rings (SSSR count). The van der Waals surface area contributed by atoms with Crippen LogP contribution < -0.4 is 0 Å². The highest BCUT2D eigenvalue weighted by Crippen LogP contribution is 2.30. The van der Waals surface area contributed by atoms with Gasteiger partial charge in [0.2, 0.25) is 0 Å². The van der Waals surface area contributed by atoms with Crippen LogP contribution in [-0.2, 0) is 27.4 Å².